The number of carbonyl (C=O) groups is 2. The van der Waals surface area contributed by atoms with Gasteiger partial charge in [-0.2, -0.15) is 5.10 Å². The summed E-state index contributed by atoms with van der Waals surface area (Å²) in [5.41, 5.74) is 6.23. The fourth-order valence-corrected chi connectivity index (χ4v) is 4.04. The Morgan fingerprint density at radius 1 is 0.971 bits per heavy atom. The minimum atomic E-state index is -0.938. The summed E-state index contributed by atoms with van der Waals surface area (Å²) < 4.78 is 1.94. The summed E-state index contributed by atoms with van der Waals surface area (Å²) >= 11 is 0. The van der Waals surface area contributed by atoms with E-state index in [9.17, 15) is 9.59 Å². The lowest BCUT2D eigenvalue weighted by molar-refractivity contribution is -0.136. The Balaban J connectivity index is 1.50. The maximum Gasteiger partial charge on any atom is 0.305 e. The van der Waals surface area contributed by atoms with Gasteiger partial charge in [-0.1, -0.05) is 63.2 Å². The molecule has 6 heteroatoms. The highest BCUT2D eigenvalue weighted by molar-refractivity contribution is 5.94. The molecule has 35 heavy (non-hydrogen) atoms. The lowest BCUT2D eigenvalue weighted by atomic mass is 9.86. The van der Waals surface area contributed by atoms with Gasteiger partial charge < -0.3 is 10.4 Å². The average Bonchev–Trinajstić information content (AvgIpc) is 3.26. The summed E-state index contributed by atoms with van der Waals surface area (Å²) in [7, 11) is 0. The van der Waals surface area contributed by atoms with Crippen LogP contribution in [0.25, 0.3) is 22.0 Å². The molecule has 2 N–H and O–H groups in total. The van der Waals surface area contributed by atoms with Crippen molar-refractivity contribution in [2.75, 3.05) is 6.54 Å². The summed E-state index contributed by atoms with van der Waals surface area (Å²) in [6.45, 7) is 8.83. The van der Waals surface area contributed by atoms with Crippen molar-refractivity contribution in [3.05, 3.63) is 89.6 Å². The second-order valence-electron chi connectivity index (χ2n) is 9.91. The van der Waals surface area contributed by atoms with Crippen LogP contribution < -0.4 is 5.32 Å². The summed E-state index contributed by atoms with van der Waals surface area (Å²) in [4.78, 5) is 22.8. The van der Waals surface area contributed by atoms with Crippen molar-refractivity contribution in [2.45, 2.75) is 45.6 Å². The molecule has 1 unspecified atom stereocenters. The number of hydrogen-bond acceptors (Lipinski definition) is 3. The van der Waals surface area contributed by atoms with E-state index in [0.29, 0.717) is 5.56 Å². The Labute approximate surface area is 205 Å². The second kappa shape index (κ2) is 9.74. The molecule has 1 atom stereocenters. The van der Waals surface area contributed by atoms with Gasteiger partial charge in [0.05, 0.1) is 18.0 Å². The minimum Gasteiger partial charge on any atom is -0.481 e. The third kappa shape index (κ3) is 5.60. The van der Waals surface area contributed by atoms with Crippen molar-refractivity contribution in [3.63, 3.8) is 0 Å². The van der Waals surface area contributed by atoms with Crippen LogP contribution in [0.5, 0.6) is 0 Å². The van der Waals surface area contributed by atoms with Crippen LogP contribution in [-0.4, -0.2) is 33.3 Å². The van der Waals surface area contributed by atoms with E-state index in [1.54, 1.807) is 12.1 Å². The number of amides is 1. The molecule has 0 aliphatic carbocycles. The Bertz CT molecular complexity index is 1350. The van der Waals surface area contributed by atoms with E-state index < -0.39 is 5.97 Å². The summed E-state index contributed by atoms with van der Waals surface area (Å²) in [5, 5.41) is 17.2. The first kappa shape index (κ1) is 24.2. The normalized spacial score (nSPS) is 12.5. The molecular formula is C29H31N3O3. The maximum absolute atomic E-state index is 12.2. The van der Waals surface area contributed by atoms with Gasteiger partial charge in [-0.05, 0) is 58.9 Å². The Kier molecular flexibility index (Phi) is 6.74. The monoisotopic (exact) mass is 469 g/mol. The molecule has 0 radical (unpaired) electrons. The quantitative estimate of drug-likeness (QED) is 0.357. The van der Waals surface area contributed by atoms with E-state index >= 15 is 0 Å². The first-order valence-electron chi connectivity index (χ1n) is 11.8. The first-order chi connectivity index (χ1) is 16.6. The van der Waals surface area contributed by atoms with Gasteiger partial charge in [0.25, 0.3) is 5.91 Å². The molecule has 1 heterocycles. The fraction of sp³-hybridized carbons (Fsp3) is 0.276. The molecule has 4 aromatic rings. The molecule has 0 saturated heterocycles. The molecule has 3 aromatic carbocycles. The van der Waals surface area contributed by atoms with E-state index in [-0.39, 0.29) is 30.3 Å². The van der Waals surface area contributed by atoms with E-state index in [1.165, 1.54) is 11.1 Å². The summed E-state index contributed by atoms with van der Waals surface area (Å²) in [6.07, 6.45) is 1.96. The number of aromatic nitrogens is 2. The molecule has 0 saturated carbocycles. The summed E-state index contributed by atoms with van der Waals surface area (Å²) in [6, 6.07) is 22.4. The number of rotatable bonds is 7. The minimum absolute atomic E-state index is 0.0129. The summed E-state index contributed by atoms with van der Waals surface area (Å²) in [5.74, 6) is -1.22. The molecule has 180 valence electrons. The van der Waals surface area contributed by atoms with Crippen LogP contribution in [0.15, 0.2) is 72.9 Å². The van der Waals surface area contributed by atoms with Gasteiger partial charge in [-0.15, -0.1) is 0 Å². The number of nitrogens with zero attached hydrogens (tertiary/aromatic N) is 2. The number of nitrogens with one attached hydrogen (secondary N) is 1. The molecule has 0 spiro atoms. The third-order valence-corrected chi connectivity index (χ3v) is 6.28. The van der Waals surface area contributed by atoms with Crippen LogP contribution in [0, 0.1) is 0 Å². The maximum atomic E-state index is 12.2. The SMILES string of the molecule is CC(c1ccc(C(=O)NCCC(=O)O)cc1)n1cc2cc(-c3ccc(C(C)(C)C)cc3)ccc2n1. The lowest BCUT2D eigenvalue weighted by Gasteiger charge is -2.19. The zero-order valence-electron chi connectivity index (χ0n) is 20.6. The van der Waals surface area contributed by atoms with Gasteiger partial charge >= 0.3 is 5.97 Å². The van der Waals surface area contributed by atoms with Crippen LogP contribution in [-0.2, 0) is 10.2 Å². The zero-order chi connectivity index (χ0) is 25.2. The second-order valence-corrected chi connectivity index (χ2v) is 9.91. The van der Waals surface area contributed by atoms with Crippen LogP contribution in [0.3, 0.4) is 0 Å². The molecule has 0 bridgehead atoms. The number of carbonyl (C=O) groups excluding carboxylic acids is 1. The predicted octanol–water partition coefficient (Wildman–Crippen LogP) is 5.81. The number of carboxylic acid groups (broad SMARTS) is 1. The predicted molar refractivity (Wildman–Crippen MR) is 139 cm³/mol. The molecule has 0 aliphatic heterocycles. The highest BCUT2D eigenvalue weighted by Crippen LogP contribution is 2.29. The molecule has 1 amide bonds. The molecule has 1 aromatic heterocycles. The van der Waals surface area contributed by atoms with Crippen molar-refractivity contribution in [3.8, 4) is 11.1 Å². The van der Waals surface area contributed by atoms with Crippen molar-refractivity contribution < 1.29 is 14.7 Å². The molecule has 4 rings (SSSR count). The van der Waals surface area contributed by atoms with E-state index in [2.05, 4.69) is 81.7 Å². The van der Waals surface area contributed by atoms with Crippen LogP contribution in [0.1, 0.15) is 61.6 Å². The average molecular weight is 470 g/mol. The number of hydrogen-bond donors (Lipinski definition) is 2. The lowest BCUT2D eigenvalue weighted by Crippen LogP contribution is -2.26. The van der Waals surface area contributed by atoms with Crippen molar-refractivity contribution in [2.24, 2.45) is 0 Å². The van der Waals surface area contributed by atoms with Gasteiger partial charge in [-0.25, -0.2) is 0 Å². The Morgan fingerprint density at radius 2 is 1.63 bits per heavy atom. The number of carboxylic acids is 1. The van der Waals surface area contributed by atoms with E-state index in [0.717, 1.165) is 22.0 Å². The fourth-order valence-electron chi connectivity index (χ4n) is 4.04. The number of benzene rings is 3. The zero-order valence-corrected chi connectivity index (χ0v) is 20.6. The largest absolute Gasteiger partial charge is 0.481 e. The molecule has 0 fully saturated rings. The smallest absolute Gasteiger partial charge is 0.305 e. The molecular weight excluding hydrogens is 438 g/mol. The molecule has 6 nitrogen and oxygen atoms in total. The van der Waals surface area contributed by atoms with E-state index in [4.69, 9.17) is 10.2 Å². The van der Waals surface area contributed by atoms with Gasteiger partial charge in [0.15, 0.2) is 0 Å². The Hall–Kier alpha value is -3.93. The number of fused-ring (bicyclic) bond motifs is 1. The van der Waals surface area contributed by atoms with Gasteiger partial charge in [0, 0.05) is 23.7 Å². The first-order valence-corrected chi connectivity index (χ1v) is 11.8. The van der Waals surface area contributed by atoms with E-state index in [1.807, 2.05) is 16.8 Å². The van der Waals surface area contributed by atoms with Crippen LogP contribution in [0.2, 0.25) is 0 Å². The topological polar surface area (TPSA) is 84.2 Å². The van der Waals surface area contributed by atoms with Crippen molar-refractivity contribution >= 4 is 22.8 Å². The number of aliphatic carboxylic acids is 1. The third-order valence-electron chi connectivity index (χ3n) is 6.28. The van der Waals surface area contributed by atoms with Gasteiger partial charge in [0.1, 0.15) is 0 Å². The highest BCUT2D eigenvalue weighted by atomic mass is 16.4. The highest BCUT2D eigenvalue weighted by Gasteiger charge is 2.15. The molecule has 0 aliphatic rings. The van der Waals surface area contributed by atoms with Crippen molar-refractivity contribution in [1.29, 1.82) is 0 Å². The standard InChI is InChI=1S/C29H31N3O3/c1-19(20-5-7-22(8-6-20)28(35)30-16-15-27(33)34)32-18-24-17-23(11-14-26(24)31-32)21-9-12-25(13-10-21)29(2,3)4/h5-14,17-19H,15-16H2,1-4H3,(H,30,35)(H,33,34). The van der Waals surface area contributed by atoms with Crippen LogP contribution >= 0.6 is 0 Å². The van der Waals surface area contributed by atoms with Gasteiger partial charge in [0.2, 0.25) is 0 Å². The van der Waals surface area contributed by atoms with Crippen LogP contribution in [0.4, 0.5) is 0 Å². The Morgan fingerprint density at radius 3 is 2.26 bits per heavy atom. The van der Waals surface area contributed by atoms with Crippen molar-refractivity contribution in [1.82, 2.24) is 15.1 Å². The van der Waals surface area contributed by atoms with Gasteiger partial charge in [-0.3, -0.25) is 14.3 Å².